The van der Waals surface area contributed by atoms with Gasteiger partial charge in [-0.15, -0.1) is 0 Å². The molecule has 78 valence electrons. The molecule has 1 unspecified atom stereocenters. The molecule has 0 aliphatic rings. The molecule has 1 aromatic rings. The Hall–Kier alpha value is -0.580. The Morgan fingerprint density at radius 1 is 1.29 bits per heavy atom. The van der Waals surface area contributed by atoms with Gasteiger partial charge in [-0.25, -0.2) is 0 Å². The third kappa shape index (κ3) is 4.09. The average molecular weight is 260 g/mol. The molecule has 0 fully saturated rings. The van der Waals surface area contributed by atoms with E-state index in [-0.39, 0.29) is 6.04 Å². The molecule has 0 heterocycles. The van der Waals surface area contributed by atoms with E-state index in [4.69, 9.17) is 15.2 Å². The summed E-state index contributed by atoms with van der Waals surface area (Å²) in [6, 6.07) is 7.56. The summed E-state index contributed by atoms with van der Waals surface area (Å²) in [7, 11) is 1.62. The van der Waals surface area contributed by atoms with E-state index >= 15 is 0 Å². The maximum absolute atomic E-state index is 5.70. The van der Waals surface area contributed by atoms with Gasteiger partial charge in [-0.05, 0) is 24.3 Å². The van der Waals surface area contributed by atoms with Crippen molar-refractivity contribution in [2.45, 2.75) is 6.04 Å². The number of hydrogen-bond donors (Lipinski definition) is 1. The topological polar surface area (TPSA) is 44.5 Å². The second-order valence-electron chi connectivity index (χ2n) is 2.98. The Morgan fingerprint density at radius 3 is 2.50 bits per heavy atom. The maximum Gasteiger partial charge on any atom is 0.119 e. The van der Waals surface area contributed by atoms with Crippen LogP contribution in [-0.4, -0.2) is 26.4 Å². The molecule has 0 aromatic heterocycles. The molecule has 2 N–H and O–H groups in total. The molecule has 0 amide bonds. The molecule has 14 heavy (non-hydrogen) atoms. The summed E-state index contributed by atoms with van der Waals surface area (Å²) in [6.07, 6.45) is 0. The van der Waals surface area contributed by atoms with Crippen LogP contribution < -0.4 is 10.5 Å². The van der Waals surface area contributed by atoms with Gasteiger partial charge >= 0.3 is 0 Å². The van der Waals surface area contributed by atoms with Crippen LogP contribution in [0.2, 0.25) is 0 Å². The highest BCUT2D eigenvalue weighted by atomic mass is 79.9. The smallest absolute Gasteiger partial charge is 0.119 e. The Balaban J connectivity index is 2.34. The van der Waals surface area contributed by atoms with E-state index < -0.39 is 0 Å². The molecule has 0 radical (unpaired) electrons. The summed E-state index contributed by atoms with van der Waals surface area (Å²) in [5, 5.41) is 0. The van der Waals surface area contributed by atoms with E-state index in [0.29, 0.717) is 13.2 Å². The Kier molecular flexibility index (Phi) is 4.93. The molecule has 0 aliphatic heterocycles. The monoisotopic (exact) mass is 259 g/mol. The molecule has 0 aliphatic carbocycles. The van der Waals surface area contributed by atoms with Crippen LogP contribution in [0.4, 0.5) is 0 Å². The van der Waals surface area contributed by atoms with E-state index in [9.17, 15) is 0 Å². The number of ether oxygens (including phenoxy) is 2. The molecular weight excluding hydrogens is 246 g/mol. The third-order valence-corrected chi connectivity index (χ3v) is 2.19. The second kappa shape index (κ2) is 6.01. The van der Waals surface area contributed by atoms with Gasteiger partial charge in [0, 0.05) is 11.6 Å². The summed E-state index contributed by atoms with van der Waals surface area (Å²) in [5.74, 6) is 0.819. The molecule has 1 rings (SSSR count). The number of hydrogen-bond acceptors (Lipinski definition) is 3. The van der Waals surface area contributed by atoms with Crippen molar-refractivity contribution in [1.82, 2.24) is 0 Å². The molecule has 3 nitrogen and oxygen atoms in total. The van der Waals surface area contributed by atoms with E-state index in [0.717, 1.165) is 10.2 Å². The fraction of sp³-hybridized carbons (Fsp3) is 0.400. The number of halogens is 1. The van der Waals surface area contributed by atoms with Crippen LogP contribution in [0.5, 0.6) is 5.75 Å². The Bertz CT molecular complexity index is 263. The van der Waals surface area contributed by atoms with Crippen molar-refractivity contribution in [3.63, 3.8) is 0 Å². The molecule has 1 aromatic carbocycles. The van der Waals surface area contributed by atoms with Crippen molar-refractivity contribution in [3.05, 3.63) is 28.7 Å². The summed E-state index contributed by atoms with van der Waals surface area (Å²) >= 11 is 3.35. The van der Waals surface area contributed by atoms with Crippen LogP contribution in [-0.2, 0) is 4.74 Å². The summed E-state index contributed by atoms with van der Waals surface area (Å²) in [6.45, 7) is 0.978. The van der Waals surface area contributed by atoms with Gasteiger partial charge in [0.25, 0.3) is 0 Å². The number of nitrogens with two attached hydrogens (primary N) is 1. The van der Waals surface area contributed by atoms with Gasteiger partial charge in [0.1, 0.15) is 12.4 Å². The van der Waals surface area contributed by atoms with E-state index in [1.54, 1.807) is 7.11 Å². The van der Waals surface area contributed by atoms with Gasteiger partial charge in [0.05, 0.1) is 12.6 Å². The number of benzene rings is 1. The highest BCUT2D eigenvalue weighted by Gasteiger charge is 2.02. The molecule has 0 spiro atoms. The van der Waals surface area contributed by atoms with E-state index in [1.165, 1.54) is 0 Å². The van der Waals surface area contributed by atoms with Crippen LogP contribution >= 0.6 is 15.9 Å². The molecule has 0 bridgehead atoms. The standard InChI is InChI=1S/C10H14BrNO2/c1-13-6-9(12)7-14-10-4-2-8(11)3-5-10/h2-5,9H,6-7,12H2,1H3. The van der Waals surface area contributed by atoms with Crippen molar-refractivity contribution in [2.75, 3.05) is 20.3 Å². The number of rotatable bonds is 5. The predicted molar refractivity (Wildman–Crippen MR) is 59.5 cm³/mol. The largest absolute Gasteiger partial charge is 0.492 e. The fourth-order valence-corrected chi connectivity index (χ4v) is 1.26. The van der Waals surface area contributed by atoms with E-state index in [1.807, 2.05) is 24.3 Å². The zero-order chi connectivity index (χ0) is 10.4. The van der Waals surface area contributed by atoms with Gasteiger partial charge in [-0.2, -0.15) is 0 Å². The minimum Gasteiger partial charge on any atom is -0.492 e. The van der Waals surface area contributed by atoms with Gasteiger partial charge in [0.15, 0.2) is 0 Å². The molecule has 1 atom stereocenters. The zero-order valence-electron chi connectivity index (χ0n) is 8.07. The van der Waals surface area contributed by atoms with Crippen molar-refractivity contribution in [3.8, 4) is 5.75 Å². The lowest BCUT2D eigenvalue weighted by Gasteiger charge is -2.11. The van der Waals surface area contributed by atoms with Crippen LogP contribution in [0, 0.1) is 0 Å². The maximum atomic E-state index is 5.70. The van der Waals surface area contributed by atoms with Crippen molar-refractivity contribution < 1.29 is 9.47 Å². The SMILES string of the molecule is COCC(N)COc1ccc(Br)cc1. The highest BCUT2D eigenvalue weighted by Crippen LogP contribution is 2.15. The summed E-state index contributed by atoms with van der Waals surface area (Å²) < 4.78 is 11.4. The fourth-order valence-electron chi connectivity index (χ4n) is 0.996. The lowest BCUT2D eigenvalue weighted by atomic mass is 10.3. The van der Waals surface area contributed by atoms with Crippen LogP contribution in [0.25, 0.3) is 0 Å². The first-order valence-corrected chi connectivity index (χ1v) is 5.14. The van der Waals surface area contributed by atoms with Gasteiger partial charge in [-0.1, -0.05) is 15.9 Å². The van der Waals surface area contributed by atoms with E-state index in [2.05, 4.69) is 15.9 Å². The summed E-state index contributed by atoms with van der Waals surface area (Å²) in [4.78, 5) is 0. The Labute approximate surface area is 92.3 Å². The quantitative estimate of drug-likeness (QED) is 0.878. The molecular formula is C10H14BrNO2. The molecule has 0 saturated heterocycles. The third-order valence-electron chi connectivity index (χ3n) is 1.66. The lowest BCUT2D eigenvalue weighted by molar-refractivity contribution is 0.152. The van der Waals surface area contributed by atoms with Gasteiger partial charge < -0.3 is 15.2 Å². The minimum absolute atomic E-state index is 0.0800. The van der Waals surface area contributed by atoms with Gasteiger partial charge in [-0.3, -0.25) is 0 Å². The lowest BCUT2D eigenvalue weighted by Crippen LogP contribution is -2.32. The minimum atomic E-state index is -0.0800. The van der Waals surface area contributed by atoms with Crippen LogP contribution in [0.1, 0.15) is 0 Å². The first-order chi connectivity index (χ1) is 6.72. The van der Waals surface area contributed by atoms with Crippen LogP contribution in [0.15, 0.2) is 28.7 Å². The van der Waals surface area contributed by atoms with Crippen LogP contribution in [0.3, 0.4) is 0 Å². The average Bonchev–Trinajstić information content (AvgIpc) is 2.17. The highest BCUT2D eigenvalue weighted by molar-refractivity contribution is 9.10. The van der Waals surface area contributed by atoms with Gasteiger partial charge in [0.2, 0.25) is 0 Å². The first kappa shape index (κ1) is 11.5. The summed E-state index contributed by atoms with van der Waals surface area (Å²) in [5.41, 5.74) is 5.70. The molecule has 4 heteroatoms. The van der Waals surface area contributed by atoms with Crippen molar-refractivity contribution >= 4 is 15.9 Å². The number of methoxy groups -OCH3 is 1. The Morgan fingerprint density at radius 2 is 1.93 bits per heavy atom. The predicted octanol–water partition coefficient (Wildman–Crippen LogP) is 1.80. The van der Waals surface area contributed by atoms with Crippen molar-refractivity contribution in [2.24, 2.45) is 5.73 Å². The molecule has 0 saturated carbocycles. The van der Waals surface area contributed by atoms with Crippen molar-refractivity contribution in [1.29, 1.82) is 0 Å². The second-order valence-corrected chi connectivity index (χ2v) is 3.90. The first-order valence-electron chi connectivity index (χ1n) is 4.35. The normalized spacial score (nSPS) is 12.5. The zero-order valence-corrected chi connectivity index (χ0v) is 9.66.